The molecule has 4 heteroatoms. The van der Waals surface area contributed by atoms with Crippen LogP contribution in [0.5, 0.6) is 0 Å². The number of aliphatic hydroxyl groups is 4. The molecule has 0 saturated carbocycles. The molecule has 0 spiro atoms. The molecule has 0 radical (unpaired) electrons. The zero-order valence-electron chi connectivity index (χ0n) is 15.4. The van der Waals surface area contributed by atoms with E-state index in [0.717, 1.165) is 19.3 Å². The van der Waals surface area contributed by atoms with E-state index in [0.29, 0.717) is 6.42 Å². The van der Waals surface area contributed by atoms with Gasteiger partial charge in [-0.1, -0.05) is 96.1 Å². The van der Waals surface area contributed by atoms with E-state index in [2.05, 4.69) is 6.92 Å². The van der Waals surface area contributed by atoms with Gasteiger partial charge >= 0.3 is 0 Å². The molecule has 24 heavy (non-hydrogen) atoms. The van der Waals surface area contributed by atoms with Crippen molar-refractivity contribution in [3.8, 4) is 0 Å². The summed E-state index contributed by atoms with van der Waals surface area (Å²) in [5.74, 6) is 0. The second-order valence-corrected chi connectivity index (χ2v) is 7.36. The number of rotatable bonds is 14. The van der Waals surface area contributed by atoms with Gasteiger partial charge in [0.15, 0.2) is 0 Å². The van der Waals surface area contributed by atoms with Crippen molar-refractivity contribution in [2.45, 2.75) is 114 Å². The molecule has 0 aliphatic heterocycles. The molecular formula is C20H38O4. The summed E-state index contributed by atoms with van der Waals surface area (Å²) in [6.45, 7) is 2.24. The summed E-state index contributed by atoms with van der Waals surface area (Å²) in [7, 11) is 0. The maximum absolute atomic E-state index is 10.3. The van der Waals surface area contributed by atoms with E-state index >= 15 is 0 Å². The Morgan fingerprint density at radius 1 is 0.750 bits per heavy atom. The number of aliphatic hydroxyl groups excluding tert-OH is 3. The average Bonchev–Trinajstić information content (AvgIpc) is 2.84. The first-order valence-electron chi connectivity index (χ1n) is 9.98. The molecule has 4 N–H and O–H groups in total. The highest BCUT2D eigenvalue weighted by molar-refractivity contribution is 5.20. The monoisotopic (exact) mass is 342 g/mol. The summed E-state index contributed by atoms with van der Waals surface area (Å²) in [6, 6.07) is 0. The maximum Gasteiger partial charge on any atom is 0.149 e. The molecule has 0 aromatic carbocycles. The van der Waals surface area contributed by atoms with Crippen molar-refractivity contribution in [2.24, 2.45) is 0 Å². The lowest BCUT2D eigenvalue weighted by atomic mass is 9.86. The number of unbranched alkanes of at least 4 members (excludes halogenated alkanes) is 11. The van der Waals surface area contributed by atoms with Crippen molar-refractivity contribution >= 4 is 0 Å². The molecule has 1 aliphatic carbocycles. The second kappa shape index (κ2) is 12.0. The van der Waals surface area contributed by atoms with Crippen molar-refractivity contribution < 1.29 is 20.4 Å². The van der Waals surface area contributed by atoms with Crippen LogP contribution < -0.4 is 0 Å². The van der Waals surface area contributed by atoms with Crippen LogP contribution in [0.4, 0.5) is 0 Å². The highest BCUT2D eigenvalue weighted by Gasteiger charge is 2.49. The summed E-state index contributed by atoms with van der Waals surface area (Å²) >= 11 is 0. The van der Waals surface area contributed by atoms with Crippen molar-refractivity contribution in [3.63, 3.8) is 0 Å². The molecule has 0 fully saturated rings. The molecule has 3 unspecified atom stereocenters. The van der Waals surface area contributed by atoms with Crippen LogP contribution in [0.3, 0.4) is 0 Å². The van der Waals surface area contributed by atoms with Gasteiger partial charge in [0.1, 0.15) is 17.8 Å². The predicted molar refractivity (Wildman–Crippen MR) is 97.8 cm³/mol. The Morgan fingerprint density at radius 3 is 1.54 bits per heavy atom. The first-order chi connectivity index (χ1) is 11.5. The fraction of sp³-hybridized carbons (Fsp3) is 0.900. The minimum absolute atomic E-state index is 0.406. The fourth-order valence-corrected chi connectivity index (χ4v) is 3.50. The van der Waals surface area contributed by atoms with Crippen molar-refractivity contribution in [1.82, 2.24) is 0 Å². The zero-order chi connectivity index (χ0) is 17.8. The van der Waals surface area contributed by atoms with Gasteiger partial charge in [0, 0.05) is 0 Å². The van der Waals surface area contributed by atoms with E-state index in [4.69, 9.17) is 0 Å². The molecule has 142 valence electrons. The summed E-state index contributed by atoms with van der Waals surface area (Å²) < 4.78 is 0. The van der Waals surface area contributed by atoms with Crippen molar-refractivity contribution in [1.29, 1.82) is 0 Å². The molecule has 1 aliphatic rings. The molecule has 1 rings (SSSR count). The second-order valence-electron chi connectivity index (χ2n) is 7.36. The topological polar surface area (TPSA) is 80.9 Å². The maximum atomic E-state index is 10.3. The number of hydrogen-bond acceptors (Lipinski definition) is 4. The van der Waals surface area contributed by atoms with Gasteiger partial charge in [0.2, 0.25) is 0 Å². The van der Waals surface area contributed by atoms with E-state index in [1.807, 2.05) is 0 Å². The van der Waals surface area contributed by atoms with Gasteiger partial charge < -0.3 is 20.4 Å². The van der Waals surface area contributed by atoms with Crippen LogP contribution in [0.2, 0.25) is 0 Å². The summed E-state index contributed by atoms with van der Waals surface area (Å²) in [6.07, 6.45) is 14.5. The van der Waals surface area contributed by atoms with Gasteiger partial charge in [-0.2, -0.15) is 0 Å². The standard InChI is InChI=1S/C20H38O4/c1-2-3-4-5-6-7-8-9-10-11-12-13-14-17(21)20(24)18(22)15-16-19(20)23/h15-19,21-24H,2-14H2,1H3/t17?,18-,19?,20?/m0/s1. The van der Waals surface area contributed by atoms with Crippen LogP contribution in [-0.2, 0) is 0 Å². The Hall–Kier alpha value is -0.420. The third-order valence-corrected chi connectivity index (χ3v) is 5.29. The molecule has 0 saturated heterocycles. The van der Waals surface area contributed by atoms with E-state index in [9.17, 15) is 20.4 Å². The van der Waals surface area contributed by atoms with Gasteiger partial charge in [-0.3, -0.25) is 0 Å². The van der Waals surface area contributed by atoms with Crippen LogP contribution in [0.15, 0.2) is 12.2 Å². The van der Waals surface area contributed by atoms with Crippen LogP contribution >= 0.6 is 0 Å². The van der Waals surface area contributed by atoms with Crippen LogP contribution in [-0.4, -0.2) is 44.3 Å². The molecular weight excluding hydrogens is 304 g/mol. The van der Waals surface area contributed by atoms with Crippen LogP contribution in [0.1, 0.15) is 90.4 Å². The molecule has 0 heterocycles. The van der Waals surface area contributed by atoms with Gasteiger partial charge in [0.05, 0.1) is 6.10 Å². The smallest absolute Gasteiger partial charge is 0.149 e. The Labute approximate surface area is 147 Å². The third-order valence-electron chi connectivity index (χ3n) is 5.29. The lowest BCUT2D eigenvalue weighted by molar-refractivity contribution is -0.168. The van der Waals surface area contributed by atoms with Crippen LogP contribution in [0.25, 0.3) is 0 Å². The quantitative estimate of drug-likeness (QED) is 0.288. The minimum Gasteiger partial charge on any atom is -0.390 e. The Balaban J connectivity index is 1.95. The number of hydrogen-bond donors (Lipinski definition) is 4. The SMILES string of the molecule is CCCCCCCCCCCCCCC(O)C1(O)C(O)C=C[C@@H]1O. The summed E-state index contributed by atoms with van der Waals surface area (Å²) in [5, 5.41) is 39.8. The molecule has 0 aromatic heterocycles. The van der Waals surface area contributed by atoms with Crippen LogP contribution in [0, 0.1) is 0 Å². The van der Waals surface area contributed by atoms with E-state index in [1.54, 1.807) is 0 Å². The Morgan fingerprint density at radius 2 is 1.12 bits per heavy atom. The minimum atomic E-state index is -1.84. The van der Waals surface area contributed by atoms with Crippen molar-refractivity contribution in [2.75, 3.05) is 0 Å². The Kier molecular flexibility index (Phi) is 10.8. The van der Waals surface area contributed by atoms with E-state index in [-0.39, 0.29) is 0 Å². The van der Waals surface area contributed by atoms with Gasteiger partial charge in [-0.25, -0.2) is 0 Å². The zero-order valence-corrected chi connectivity index (χ0v) is 15.4. The molecule has 0 bridgehead atoms. The molecule has 0 amide bonds. The molecule has 4 nitrogen and oxygen atoms in total. The predicted octanol–water partition coefficient (Wildman–Crippen LogP) is 3.46. The van der Waals surface area contributed by atoms with Crippen molar-refractivity contribution in [3.05, 3.63) is 12.2 Å². The first-order valence-corrected chi connectivity index (χ1v) is 9.98. The highest BCUT2D eigenvalue weighted by Crippen LogP contribution is 2.30. The molecule has 4 atom stereocenters. The third kappa shape index (κ3) is 6.83. The van der Waals surface area contributed by atoms with E-state index in [1.165, 1.54) is 69.9 Å². The Bertz CT molecular complexity index is 331. The van der Waals surface area contributed by atoms with Gasteiger partial charge in [-0.05, 0) is 6.42 Å². The lowest BCUT2D eigenvalue weighted by Crippen LogP contribution is -2.56. The summed E-state index contributed by atoms with van der Waals surface area (Å²) in [4.78, 5) is 0. The molecule has 0 aromatic rings. The van der Waals surface area contributed by atoms with Gasteiger partial charge in [-0.15, -0.1) is 0 Å². The normalized spacial score (nSPS) is 27.7. The first kappa shape index (κ1) is 21.6. The largest absolute Gasteiger partial charge is 0.390 e. The summed E-state index contributed by atoms with van der Waals surface area (Å²) in [5.41, 5.74) is -1.84. The highest BCUT2D eigenvalue weighted by atomic mass is 16.4. The lowest BCUT2D eigenvalue weighted by Gasteiger charge is -2.34. The average molecular weight is 343 g/mol. The van der Waals surface area contributed by atoms with Gasteiger partial charge in [0.25, 0.3) is 0 Å². The van der Waals surface area contributed by atoms with E-state index < -0.39 is 23.9 Å². The fourth-order valence-electron chi connectivity index (χ4n) is 3.50.